The van der Waals surface area contributed by atoms with Gasteiger partial charge in [-0.1, -0.05) is 6.07 Å². The van der Waals surface area contributed by atoms with Crippen molar-refractivity contribution >= 4 is 11.3 Å². The van der Waals surface area contributed by atoms with Gasteiger partial charge < -0.3 is 14.8 Å². The lowest BCUT2D eigenvalue weighted by Gasteiger charge is -2.11. The second-order valence-corrected chi connectivity index (χ2v) is 4.48. The number of aromatic nitrogens is 3. The first-order valence-electron chi connectivity index (χ1n) is 6.55. The Morgan fingerprint density at radius 3 is 2.76 bits per heavy atom. The number of benzene rings is 1. The second kappa shape index (κ2) is 5.70. The maximum absolute atomic E-state index is 5.30. The fourth-order valence-corrected chi connectivity index (χ4v) is 2.17. The molecule has 0 unspecified atom stereocenters. The quantitative estimate of drug-likeness (QED) is 0.779. The summed E-state index contributed by atoms with van der Waals surface area (Å²) in [7, 11) is 3.25. The predicted molar refractivity (Wildman–Crippen MR) is 79.9 cm³/mol. The van der Waals surface area contributed by atoms with Crippen LogP contribution in [0.4, 0.5) is 5.82 Å². The Kier molecular flexibility index (Phi) is 3.59. The smallest absolute Gasteiger partial charge is 0.161 e. The second-order valence-electron chi connectivity index (χ2n) is 4.48. The van der Waals surface area contributed by atoms with E-state index in [-0.39, 0.29) is 0 Å². The van der Waals surface area contributed by atoms with Crippen LogP contribution in [0.1, 0.15) is 5.56 Å². The molecule has 0 saturated heterocycles. The van der Waals surface area contributed by atoms with E-state index in [9.17, 15) is 0 Å². The third-order valence-corrected chi connectivity index (χ3v) is 3.23. The van der Waals surface area contributed by atoms with E-state index >= 15 is 0 Å². The summed E-state index contributed by atoms with van der Waals surface area (Å²) in [5, 5.41) is 7.50. The van der Waals surface area contributed by atoms with Crippen molar-refractivity contribution < 1.29 is 9.47 Å². The van der Waals surface area contributed by atoms with Gasteiger partial charge in [-0.15, -0.1) is 0 Å². The molecule has 6 nitrogen and oxygen atoms in total. The minimum Gasteiger partial charge on any atom is -0.493 e. The molecule has 0 aliphatic carbocycles. The first-order chi connectivity index (χ1) is 10.3. The van der Waals surface area contributed by atoms with Crippen molar-refractivity contribution in [3.63, 3.8) is 0 Å². The van der Waals surface area contributed by atoms with Gasteiger partial charge >= 0.3 is 0 Å². The minimum atomic E-state index is 0.637. The Labute approximate surface area is 122 Å². The monoisotopic (exact) mass is 284 g/mol. The van der Waals surface area contributed by atoms with Gasteiger partial charge in [0.1, 0.15) is 5.52 Å². The predicted octanol–water partition coefficient (Wildman–Crippen LogP) is 2.36. The lowest BCUT2D eigenvalue weighted by molar-refractivity contribution is 0.354. The molecule has 1 aromatic carbocycles. The van der Waals surface area contributed by atoms with Crippen molar-refractivity contribution in [1.29, 1.82) is 0 Å². The molecule has 1 N–H and O–H groups in total. The van der Waals surface area contributed by atoms with Crippen molar-refractivity contribution in [2.75, 3.05) is 19.5 Å². The van der Waals surface area contributed by atoms with E-state index in [1.807, 2.05) is 30.5 Å². The summed E-state index contributed by atoms with van der Waals surface area (Å²) in [5.74, 6) is 2.23. The normalized spacial score (nSPS) is 10.6. The minimum absolute atomic E-state index is 0.637. The summed E-state index contributed by atoms with van der Waals surface area (Å²) < 4.78 is 12.3. The molecule has 0 amide bonds. The van der Waals surface area contributed by atoms with Crippen LogP contribution < -0.4 is 14.8 Å². The van der Waals surface area contributed by atoms with E-state index in [2.05, 4.69) is 15.4 Å². The number of rotatable bonds is 5. The van der Waals surface area contributed by atoms with Gasteiger partial charge in [0.25, 0.3) is 0 Å². The number of hydrogen-bond acceptors (Lipinski definition) is 5. The van der Waals surface area contributed by atoms with Crippen molar-refractivity contribution in [2.45, 2.75) is 6.54 Å². The maximum Gasteiger partial charge on any atom is 0.161 e. The number of nitrogens with zero attached hydrogens (tertiary/aromatic N) is 3. The van der Waals surface area contributed by atoms with Crippen molar-refractivity contribution in [2.24, 2.45) is 0 Å². The zero-order chi connectivity index (χ0) is 14.7. The van der Waals surface area contributed by atoms with E-state index in [1.165, 1.54) is 0 Å². The number of nitrogens with one attached hydrogen (secondary N) is 1. The molecule has 0 atom stereocenters. The van der Waals surface area contributed by atoms with Crippen LogP contribution in [0.3, 0.4) is 0 Å². The van der Waals surface area contributed by atoms with Gasteiger partial charge in [0.05, 0.1) is 20.4 Å². The molecule has 21 heavy (non-hydrogen) atoms. The summed E-state index contributed by atoms with van der Waals surface area (Å²) >= 11 is 0. The summed E-state index contributed by atoms with van der Waals surface area (Å²) in [5.41, 5.74) is 2.02. The van der Waals surface area contributed by atoms with Crippen LogP contribution in [-0.4, -0.2) is 28.8 Å². The van der Waals surface area contributed by atoms with Crippen molar-refractivity contribution in [3.8, 4) is 11.5 Å². The Bertz CT molecular complexity index is 754. The Hall–Kier alpha value is -2.76. The van der Waals surface area contributed by atoms with Crippen LogP contribution in [0, 0.1) is 0 Å². The molecule has 0 aliphatic rings. The van der Waals surface area contributed by atoms with Gasteiger partial charge in [-0.3, -0.25) is 0 Å². The third-order valence-electron chi connectivity index (χ3n) is 3.23. The largest absolute Gasteiger partial charge is 0.493 e. The molecule has 3 aromatic rings. The van der Waals surface area contributed by atoms with Crippen LogP contribution in [0.25, 0.3) is 5.52 Å². The highest BCUT2D eigenvalue weighted by Crippen LogP contribution is 2.27. The zero-order valence-corrected chi connectivity index (χ0v) is 11.9. The summed E-state index contributed by atoms with van der Waals surface area (Å²) in [6.45, 7) is 0.637. The van der Waals surface area contributed by atoms with Crippen molar-refractivity contribution in [1.82, 2.24) is 14.6 Å². The Morgan fingerprint density at radius 1 is 1.10 bits per heavy atom. The molecule has 0 bridgehead atoms. The summed E-state index contributed by atoms with van der Waals surface area (Å²) in [6.07, 6.45) is 5.28. The molecule has 0 saturated carbocycles. The van der Waals surface area contributed by atoms with Crippen LogP contribution in [0.15, 0.2) is 42.9 Å². The van der Waals surface area contributed by atoms with Gasteiger partial charge in [0.15, 0.2) is 17.3 Å². The lowest BCUT2D eigenvalue weighted by Crippen LogP contribution is -2.04. The molecule has 0 aliphatic heterocycles. The SMILES string of the molecule is COc1ccc(CNc2nccn3nccc23)cc1OC. The molecular weight excluding hydrogens is 268 g/mol. The van der Waals surface area contributed by atoms with Crippen molar-refractivity contribution in [3.05, 3.63) is 48.4 Å². The number of methoxy groups -OCH3 is 2. The molecule has 3 rings (SSSR count). The third kappa shape index (κ3) is 2.60. The fourth-order valence-electron chi connectivity index (χ4n) is 2.17. The topological polar surface area (TPSA) is 60.7 Å². The van der Waals surface area contributed by atoms with Gasteiger partial charge in [0, 0.05) is 18.9 Å². The lowest BCUT2D eigenvalue weighted by atomic mass is 10.2. The van der Waals surface area contributed by atoms with Gasteiger partial charge in [0.2, 0.25) is 0 Å². The average molecular weight is 284 g/mol. The van der Waals surface area contributed by atoms with Gasteiger partial charge in [-0.25, -0.2) is 9.50 Å². The summed E-state index contributed by atoms with van der Waals surface area (Å²) in [6, 6.07) is 7.75. The molecule has 2 heterocycles. The Balaban J connectivity index is 1.80. The van der Waals surface area contributed by atoms with Crippen LogP contribution in [-0.2, 0) is 6.54 Å². The molecule has 2 aromatic heterocycles. The van der Waals surface area contributed by atoms with Crippen LogP contribution in [0.5, 0.6) is 11.5 Å². The molecule has 0 spiro atoms. The molecule has 108 valence electrons. The summed E-state index contributed by atoms with van der Waals surface area (Å²) in [4.78, 5) is 4.34. The van der Waals surface area contributed by atoms with Crippen LogP contribution in [0.2, 0.25) is 0 Å². The fraction of sp³-hybridized carbons (Fsp3) is 0.200. The molecule has 6 heteroatoms. The van der Waals surface area contributed by atoms with E-state index in [1.54, 1.807) is 31.1 Å². The maximum atomic E-state index is 5.30. The van der Waals surface area contributed by atoms with E-state index in [0.29, 0.717) is 12.3 Å². The van der Waals surface area contributed by atoms with E-state index < -0.39 is 0 Å². The first kappa shape index (κ1) is 13.2. The number of fused-ring (bicyclic) bond motifs is 1. The highest BCUT2D eigenvalue weighted by molar-refractivity contribution is 5.66. The number of anilines is 1. The van der Waals surface area contributed by atoms with E-state index in [0.717, 1.165) is 22.6 Å². The highest BCUT2D eigenvalue weighted by Gasteiger charge is 2.06. The first-order valence-corrected chi connectivity index (χ1v) is 6.55. The standard InChI is InChI=1S/C15H16N4O2/c1-20-13-4-3-11(9-14(13)21-2)10-17-15-12-5-6-18-19(12)8-7-16-15/h3-9H,10H2,1-2H3,(H,16,17). The molecular formula is C15H16N4O2. The molecule has 0 radical (unpaired) electrons. The Morgan fingerprint density at radius 2 is 1.95 bits per heavy atom. The van der Waals surface area contributed by atoms with Gasteiger partial charge in [-0.05, 0) is 23.8 Å². The number of ether oxygens (including phenoxy) is 2. The molecule has 0 fully saturated rings. The number of hydrogen-bond donors (Lipinski definition) is 1. The average Bonchev–Trinajstić information content (AvgIpc) is 3.01. The zero-order valence-electron chi connectivity index (χ0n) is 11.9. The van der Waals surface area contributed by atoms with Crippen LogP contribution >= 0.6 is 0 Å². The van der Waals surface area contributed by atoms with E-state index in [4.69, 9.17) is 9.47 Å². The van der Waals surface area contributed by atoms with Gasteiger partial charge in [-0.2, -0.15) is 5.10 Å². The highest BCUT2D eigenvalue weighted by atomic mass is 16.5.